The van der Waals surface area contributed by atoms with Crippen LogP contribution in [-0.4, -0.2) is 24.5 Å². The fourth-order valence-corrected chi connectivity index (χ4v) is 2.60. The minimum Gasteiger partial charge on any atom is -0.327 e. The highest BCUT2D eigenvalue weighted by Gasteiger charge is 2.14. The average Bonchev–Trinajstić information content (AvgIpc) is 2.50. The van der Waals surface area contributed by atoms with Gasteiger partial charge in [0.25, 0.3) is 0 Å². The quantitative estimate of drug-likeness (QED) is 0.861. The molecule has 0 aliphatic heterocycles. The molecule has 0 spiro atoms. The van der Waals surface area contributed by atoms with Crippen molar-refractivity contribution >= 4 is 10.8 Å². The van der Waals surface area contributed by atoms with Gasteiger partial charge in [0.05, 0.1) is 0 Å². The van der Waals surface area contributed by atoms with E-state index in [2.05, 4.69) is 75.2 Å². The highest BCUT2D eigenvalue weighted by Crippen LogP contribution is 2.24. The predicted octanol–water partition coefficient (Wildman–Crippen LogP) is 4.21. The van der Waals surface area contributed by atoms with E-state index in [4.69, 9.17) is 5.73 Å². The number of hydrogen-bond donors (Lipinski definition) is 1. The Morgan fingerprint density at radius 2 is 1.67 bits per heavy atom. The van der Waals surface area contributed by atoms with Gasteiger partial charge in [0, 0.05) is 12.1 Å². The van der Waals surface area contributed by atoms with Gasteiger partial charge in [-0.3, -0.25) is 4.90 Å². The number of nitrogens with two attached hydrogens (primary N) is 1. The van der Waals surface area contributed by atoms with Crippen LogP contribution < -0.4 is 5.73 Å². The second kappa shape index (κ2) is 7.06. The second-order valence-corrected chi connectivity index (χ2v) is 6.46. The molecule has 0 saturated carbocycles. The molecule has 0 amide bonds. The van der Waals surface area contributed by atoms with E-state index in [1.165, 1.54) is 16.3 Å². The van der Waals surface area contributed by atoms with Gasteiger partial charge in [-0.05, 0) is 55.3 Å². The van der Waals surface area contributed by atoms with Crippen molar-refractivity contribution < 1.29 is 0 Å². The second-order valence-electron chi connectivity index (χ2n) is 6.46. The van der Waals surface area contributed by atoms with E-state index in [1.54, 1.807) is 0 Å². The van der Waals surface area contributed by atoms with E-state index in [0.29, 0.717) is 12.0 Å². The monoisotopic (exact) mass is 284 g/mol. The Bertz CT molecular complexity index is 577. The van der Waals surface area contributed by atoms with Crippen LogP contribution >= 0.6 is 0 Å². The lowest BCUT2D eigenvalue weighted by molar-refractivity contribution is 0.243. The molecule has 2 nitrogen and oxygen atoms in total. The molecular weight excluding hydrogens is 256 g/mol. The van der Waals surface area contributed by atoms with Gasteiger partial charge in [0.2, 0.25) is 0 Å². The molecule has 114 valence electrons. The Labute approximate surface area is 128 Å². The number of benzene rings is 2. The van der Waals surface area contributed by atoms with Gasteiger partial charge in [0.15, 0.2) is 0 Å². The zero-order chi connectivity index (χ0) is 15.4. The zero-order valence-corrected chi connectivity index (χ0v) is 13.7. The van der Waals surface area contributed by atoms with Gasteiger partial charge >= 0.3 is 0 Å². The third-order valence-corrected chi connectivity index (χ3v) is 4.59. The Hall–Kier alpha value is -1.38. The van der Waals surface area contributed by atoms with Crippen molar-refractivity contribution in [2.45, 2.75) is 39.3 Å². The lowest BCUT2D eigenvalue weighted by atomic mass is 10.00. The maximum absolute atomic E-state index is 6.15. The summed E-state index contributed by atoms with van der Waals surface area (Å²) < 4.78 is 0. The van der Waals surface area contributed by atoms with Crippen molar-refractivity contribution in [1.29, 1.82) is 0 Å². The highest BCUT2D eigenvalue weighted by atomic mass is 15.1. The molecule has 2 N–H and O–H groups in total. The molecule has 0 bridgehead atoms. The van der Waals surface area contributed by atoms with Crippen LogP contribution in [0.25, 0.3) is 10.8 Å². The fourth-order valence-electron chi connectivity index (χ4n) is 2.60. The average molecular weight is 284 g/mol. The molecule has 0 fully saturated rings. The maximum atomic E-state index is 6.15. The smallest absolute Gasteiger partial charge is 0.0317 e. The van der Waals surface area contributed by atoms with Crippen molar-refractivity contribution in [2.24, 2.45) is 11.7 Å². The number of rotatable bonds is 6. The number of fused-ring (bicyclic) bond motifs is 1. The third kappa shape index (κ3) is 4.05. The van der Waals surface area contributed by atoms with Gasteiger partial charge in [-0.1, -0.05) is 50.2 Å². The molecule has 21 heavy (non-hydrogen) atoms. The molecule has 0 saturated heterocycles. The van der Waals surface area contributed by atoms with E-state index in [1.807, 2.05) is 0 Å². The van der Waals surface area contributed by atoms with Gasteiger partial charge in [-0.2, -0.15) is 0 Å². The van der Waals surface area contributed by atoms with Crippen LogP contribution in [0.3, 0.4) is 0 Å². The van der Waals surface area contributed by atoms with Crippen LogP contribution in [0.5, 0.6) is 0 Å². The minimum atomic E-state index is 0.288. The first kappa shape index (κ1) is 16.0. The first-order valence-corrected chi connectivity index (χ1v) is 7.93. The molecule has 0 aliphatic rings. The van der Waals surface area contributed by atoms with Crippen molar-refractivity contribution in [3.63, 3.8) is 0 Å². The summed E-state index contributed by atoms with van der Waals surface area (Å²) in [6.07, 6.45) is 1.05. The summed E-state index contributed by atoms with van der Waals surface area (Å²) in [7, 11) is 2.19. The molecule has 2 heteroatoms. The van der Waals surface area contributed by atoms with Crippen LogP contribution in [0, 0.1) is 5.92 Å². The standard InChI is InChI=1S/C19H28N2/c1-14(2)19(20)11-12-21(4)15(3)17-10-9-16-7-5-6-8-18(16)13-17/h5-10,13-15,19H,11-12,20H2,1-4H3. The molecule has 2 unspecified atom stereocenters. The zero-order valence-electron chi connectivity index (χ0n) is 13.7. The molecule has 0 aliphatic carbocycles. The summed E-state index contributed by atoms with van der Waals surface area (Å²) in [6, 6.07) is 16.0. The van der Waals surface area contributed by atoms with Crippen molar-refractivity contribution in [1.82, 2.24) is 4.90 Å². The lowest BCUT2D eigenvalue weighted by Crippen LogP contribution is -2.32. The molecule has 2 rings (SSSR count). The van der Waals surface area contributed by atoms with Crippen LogP contribution in [-0.2, 0) is 0 Å². The van der Waals surface area contributed by atoms with Gasteiger partial charge < -0.3 is 5.73 Å². The molecule has 0 heterocycles. The normalized spacial score (nSPS) is 14.8. The summed E-state index contributed by atoms with van der Waals surface area (Å²) in [5.74, 6) is 0.550. The first-order chi connectivity index (χ1) is 9.99. The molecule has 0 radical (unpaired) electrons. The van der Waals surface area contributed by atoms with Crippen molar-refractivity contribution in [3.05, 3.63) is 48.0 Å². The van der Waals surface area contributed by atoms with E-state index in [9.17, 15) is 0 Å². The number of hydrogen-bond acceptors (Lipinski definition) is 2. The Morgan fingerprint density at radius 1 is 1.00 bits per heavy atom. The SMILES string of the molecule is CC(C)C(N)CCN(C)C(C)c1ccc2ccccc2c1. The summed E-state index contributed by atoms with van der Waals surface area (Å²) in [6.45, 7) is 7.69. The van der Waals surface area contributed by atoms with Crippen LogP contribution in [0.15, 0.2) is 42.5 Å². The van der Waals surface area contributed by atoms with Gasteiger partial charge in [-0.15, -0.1) is 0 Å². The predicted molar refractivity (Wildman–Crippen MR) is 92.4 cm³/mol. The lowest BCUT2D eigenvalue weighted by Gasteiger charge is -2.27. The highest BCUT2D eigenvalue weighted by molar-refractivity contribution is 5.83. The molecule has 2 aromatic carbocycles. The van der Waals surface area contributed by atoms with E-state index in [0.717, 1.165) is 13.0 Å². The van der Waals surface area contributed by atoms with E-state index < -0.39 is 0 Å². The van der Waals surface area contributed by atoms with Crippen LogP contribution in [0.4, 0.5) is 0 Å². The largest absolute Gasteiger partial charge is 0.327 e. The fraction of sp³-hybridized carbons (Fsp3) is 0.474. The Kier molecular flexibility index (Phi) is 5.38. The minimum absolute atomic E-state index is 0.288. The third-order valence-electron chi connectivity index (χ3n) is 4.59. The van der Waals surface area contributed by atoms with Crippen LogP contribution in [0.1, 0.15) is 38.8 Å². The van der Waals surface area contributed by atoms with Crippen molar-refractivity contribution in [2.75, 3.05) is 13.6 Å². The molecule has 0 aromatic heterocycles. The summed E-state index contributed by atoms with van der Waals surface area (Å²) in [5, 5.41) is 2.62. The Balaban J connectivity index is 2.05. The number of nitrogens with zero attached hydrogens (tertiary/aromatic N) is 1. The van der Waals surface area contributed by atoms with Gasteiger partial charge in [0.1, 0.15) is 0 Å². The molecule has 2 atom stereocenters. The first-order valence-electron chi connectivity index (χ1n) is 7.93. The topological polar surface area (TPSA) is 29.3 Å². The molecular formula is C19H28N2. The van der Waals surface area contributed by atoms with Gasteiger partial charge in [-0.25, -0.2) is 0 Å². The Morgan fingerprint density at radius 3 is 2.33 bits per heavy atom. The summed E-state index contributed by atoms with van der Waals surface area (Å²) in [5.41, 5.74) is 7.52. The molecule has 2 aromatic rings. The van der Waals surface area contributed by atoms with Crippen molar-refractivity contribution in [3.8, 4) is 0 Å². The maximum Gasteiger partial charge on any atom is 0.0317 e. The summed E-state index contributed by atoms with van der Waals surface area (Å²) in [4.78, 5) is 2.40. The van der Waals surface area contributed by atoms with Crippen LogP contribution in [0.2, 0.25) is 0 Å². The van der Waals surface area contributed by atoms with E-state index >= 15 is 0 Å². The van der Waals surface area contributed by atoms with E-state index in [-0.39, 0.29) is 6.04 Å². The summed E-state index contributed by atoms with van der Waals surface area (Å²) >= 11 is 0.